The van der Waals surface area contributed by atoms with E-state index in [-0.39, 0.29) is 5.15 Å². The van der Waals surface area contributed by atoms with Gasteiger partial charge in [0.1, 0.15) is 5.52 Å². The number of aromatic nitrogens is 2. The van der Waals surface area contributed by atoms with Crippen LogP contribution in [0.25, 0.3) is 10.9 Å². The topological polar surface area (TPSA) is 52.0 Å². The summed E-state index contributed by atoms with van der Waals surface area (Å²) in [5.41, 5.74) is 0.397. The van der Waals surface area contributed by atoms with Gasteiger partial charge in [0.15, 0.2) is 5.15 Å². The lowest BCUT2D eigenvalue weighted by atomic mass is 10.3. The SMILES string of the molecule is CS(=O)(=O)n1ccc2c(Br)cnc(Cl)c21. The van der Waals surface area contributed by atoms with Gasteiger partial charge in [0.2, 0.25) is 10.0 Å². The Bertz CT molecular complexity index is 635. The summed E-state index contributed by atoms with van der Waals surface area (Å²) < 4.78 is 24.7. The molecule has 7 heteroatoms. The Kier molecular flexibility index (Phi) is 2.52. The number of nitrogens with zero attached hydrogens (tertiary/aromatic N) is 2. The van der Waals surface area contributed by atoms with Gasteiger partial charge >= 0.3 is 0 Å². The summed E-state index contributed by atoms with van der Waals surface area (Å²) >= 11 is 9.15. The molecule has 0 radical (unpaired) electrons. The van der Waals surface area contributed by atoms with Crippen LogP contribution in [0.3, 0.4) is 0 Å². The first-order chi connectivity index (χ1) is 6.91. The van der Waals surface area contributed by atoms with Crippen LogP contribution in [0.2, 0.25) is 5.15 Å². The summed E-state index contributed by atoms with van der Waals surface area (Å²) in [5.74, 6) is 0. The van der Waals surface area contributed by atoms with E-state index < -0.39 is 10.0 Å². The molecular weight excluding hydrogens is 304 g/mol. The summed E-state index contributed by atoms with van der Waals surface area (Å²) in [7, 11) is -3.35. The number of halogens is 2. The fraction of sp³-hybridized carbons (Fsp3) is 0.125. The van der Waals surface area contributed by atoms with Crippen molar-refractivity contribution in [1.29, 1.82) is 0 Å². The monoisotopic (exact) mass is 308 g/mol. The van der Waals surface area contributed by atoms with E-state index in [0.717, 1.165) is 15.6 Å². The highest BCUT2D eigenvalue weighted by molar-refractivity contribution is 9.10. The lowest BCUT2D eigenvalue weighted by molar-refractivity contribution is 0.595. The fourth-order valence-corrected chi connectivity index (χ4v) is 2.84. The molecule has 0 aliphatic carbocycles. The predicted octanol–water partition coefficient (Wildman–Crippen LogP) is 2.26. The molecule has 80 valence electrons. The molecule has 0 aliphatic rings. The summed E-state index contributed by atoms with van der Waals surface area (Å²) in [5, 5.41) is 0.893. The molecular formula is C8H6BrClN2O2S. The maximum atomic E-state index is 11.4. The fourth-order valence-electron chi connectivity index (χ4n) is 1.33. The molecule has 0 amide bonds. The normalized spacial score (nSPS) is 12.2. The molecule has 0 aromatic carbocycles. The van der Waals surface area contributed by atoms with Crippen LogP contribution in [0.4, 0.5) is 0 Å². The Morgan fingerprint density at radius 3 is 2.80 bits per heavy atom. The third kappa shape index (κ3) is 1.77. The van der Waals surface area contributed by atoms with Gasteiger partial charge in [-0.15, -0.1) is 0 Å². The quantitative estimate of drug-likeness (QED) is 0.759. The van der Waals surface area contributed by atoms with Gasteiger partial charge in [0, 0.05) is 22.3 Å². The van der Waals surface area contributed by atoms with Crippen LogP contribution in [0.15, 0.2) is 22.9 Å². The van der Waals surface area contributed by atoms with Crippen LogP contribution in [0.5, 0.6) is 0 Å². The Hall–Kier alpha value is -0.590. The van der Waals surface area contributed by atoms with Crippen molar-refractivity contribution in [3.05, 3.63) is 28.1 Å². The van der Waals surface area contributed by atoms with E-state index in [0.29, 0.717) is 9.99 Å². The standard InChI is InChI=1S/C8H6BrClN2O2S/c1-15(13,14)12-3-2-5-6(9)4-11-8(10)7(5)12/h2-4H,1H3. The number of rotatable bonds is 1. The van der Waals surface area contributed by atoms with E-state index in [2.05, 4.69) is 20.9 Å². The van der Waals surface area contributed by atoms with Crippen molar-refractivity contribution in [2.45, 2.75) is 0 Å². The van der Waals surface area contributed by atoms with Crippen LogP contribution in [-0.4, -0.2) is 23.6 Å². The van der Waals surface area contributed by atoms with E-state index in [1.165, 1.54) is 12.4 Å². The lowest BCUT2D eigenvalue weighted by Gasteiger charge is -2.03. The van der Waals surface area contributed by atoms with Gasteiger partial charge in [-0.2, -0.15) is 0 Å². The van der Waals surface area contributed by atoms with Gasteiger partial charge in [0.05, 0.1) is 6.26 Å². The number of hydrogen-bond acceptors (Lipinski definition) is 3. The second kappa shape index (κ2) is 3.47. The second-order valence-corrected chi connectivity index (χ2v) is 6.11. The molecule has 0 atom stereocenters. The average Bonchev–Trinajstić information content (AvgIpc) is 2.55. The van der Waals surface area contributed by atoms with Crippen molar-refractivity contribution < 1.29 is 8.42 Å². The molecule has 0 unspecified atom stereocenters. The summed E-state index contributed by atoms with van der Waals surface area (Å²) in [6.45, 7) is 0. The Morgan fingerprint density at radius 2 is 2.20 bits per heavy atom. The van der Waals surface area contributed by atoms with E-state index in [4.69, 9.17) is 11.6 Å². The highest BCUT2D eigenvalue weighted by atomic mass is 79.9. The van der Waals surface area contributed by atoms with Crippen LogP contribution in [-0.2, 0) is 10.0 Å². The van der Waals surface area contributed by atoms with E-state index in [1.807, 2.05) is 0 Å². The summed E-state index contributed by atoms with van der Waals surface area (Å²) in [6, 6.07) is 1.67. The molecule has 2 aromatic rings. The third-order valence-corrected chi connectivity index (χ3v) is 3.88. The van der Waals surface area contributed by atoms with Crippen molar-refractivity contribution in [2.75, 3.05) is 6.26 Å². The van der Waals surface area contributed by atoms with E-state index >= 15 is 0 Å². The number of fused-ring (bicyclic) bond motifs is 1. The molecule has 0 saturated carbocycles. The van der Waals surface area contributed by atoms with Crippen LogP contribution >= 0.6 is 27.5 Å². The first-order valence-corrected chi connectivity index (χ1v) is 6.95. The van der Waals surface area contributed by atoms with Crippen molar-refractivity contribution in [1.82, 2.24) is 8.96 Å². The maximum Gasteiger partial charge on any atom is 0.236 e. The number of pyridine rings is 1. The van der Waals surface area contributed by atoms with Gasteiger partial charge in [-0.05, 0) is 22.0 Å². The number of hydrogen-bond donors (Lipinski definition) is 0. The van der Waals surface area contributed by atoms with E-state index in [1.54, 1.807) is 6.07 Å². The van der Waals surface area contributed by atoms with Crippen molar-refractivity contribution >= 4 is 48.5 Å². The van der Waals surface area contributed by atoms with Crippen LogP contribution in [0, 0.1) is 0 Å². The zero-order valence-electron chi connectivity index (χ0n) is 7.61. The third-order valence-electron chi connectivity index (χ3n) is 1.95. The molecule has 0 saturated heterocycles. The van der Waals surface area contributed by atoms with Crippen LogP contribution in [0.1, 0.15) is 0 Å². The highest BCUT2D eigenvalue weighted by Crippen LogP contribution is 2.29. The Labute approximate surface area is 100 Å². The molecule has 15 heavy (non-hydrogen) atoms. The molecule has 0 aliphatic heterocycles. The van der Waals surface area contributed by atoms with Crippen molar-refractivity contribution in [3.63, 3.8) is 0 Å². The average molecular weight is 310 g/mol. The van der Waals surface area contributed by atoms with E-state index in [9.17, 15) is 8.42 Å². The molecule has 0 bridgehead atoms. The molecule has 2 rings (SSSR count). The summed E-state index contributed by atoms with van der Waals surface area (Å²) in [6.07, 6.45) is 4.11. The van der Waals surface area contributed by atoms with Crippen molar-refractivity contribution in [3.8, 4) is 0 Å². The first kappa shape index (κ1) is 10.9. The highest BCUT2D eigenvalue weighted by Gasteiger charge is 2.14. The van der Waals surface area contributed by atoms with Crippen molar-refractivity contribution in [2.24, 2.45) is 0 Å². The second-order valence-electron chi connectivity index (χ2n) is 3.03. The van der Waals surface area contributed by atoms with Gasteiger partial charge in [-0.25, -0.2) is 17.4 Å². The van der Waals surface area contributed by atoms with Gasteiger partial charge in [0.25, 0.3) is 0 Å². The lowest BCUT2D eigenvalue weighted by Crippen LogP contribution is -2.08. The minimum atomic E-state index is -3.35. The van der Waals surface area contributed by atoms with Gasteiger partial charge < -0.3 is 0 Å². The minimum Gasteiger partial charge on any atom is -0.242 e. The smallest absolute Gasteiger partial charge is 0.236 e. The molecule has 0 spiro atoms. The zero-order valence-corrected chi connectivity index (χ0v) is 10.8. The zero-order chi connectivity index (χ0) is 11.2. The summed E-state index contributed by atoms with van der Waals surface area (Å²) in [4.78, 5) is 3.89. The molecule has 2 aromatic heterocycles. The molecule has 2 heterocycles. The predicted molar refractivity (Wildman–Crippen MR) is 62.7 cm³/mol. The largest absolute Gasteiger partial charge is 0.242 e. The van der Waals surface area contributed by atoms with Gasteiger partial charge in [-0.3, -0.25) is 0 Å². The van der Waals surface area contributed by atoms with Gasteiger partial charge in [-0.1, -0.05) is 11.6 Å². The Morgan fingerprint density at radius 1 is 1.53 bits per heavy atom. The molecule has 0 fully saturated rings. The Balaban J connectivity index is 2.98. The minimum absolute atomic E-state index is 0.170. The molecule has 0 N–H and O–H groups in total. The van der Waals surface area contributed by atoms with Crippen LogP contribution < -0.4 is 0 Å². The maximum absolute atomic E-state index is 11.4. The first-order valence-electron chi connectivity index (χ1n) is 3.93. The molecule has 4 nitrogen and oxygen atoms in total.